The summed E-state index contributed by atoms with van der Waals surface area (Å²) in [7, 11) is 0. The molecule has 0 heterocycles. The molecule has 0 radical (unpaired) electrons. The van der Waals surface area contributed by atoms with Crippen LogP contribution in [0.4, 0.5) is 5.69 Å². The van der Waals surface area contributed by atoms with Crippen molar-refractivity contribution in [2.24, 2.45) is 10.9 Å². The van der Waals surface area contributed by atoms with Gasteiger partial charge in [-0.25, -0.2) is 0 Å². The lowest BCUT2D eigenvalue weighted by Gasteiger charge is -2.20. The highest BCUT2D eigenvalue weighted by Crippen LogP contribution is 2.22. The first-order valence-corrected chi connectivity index (χ1v) is 8.82. The summed E-state index contributed by atoms with van der Waals surface area (Å²) in [5.74, 6) is 1.17. The molecule has 1 aromatic carbocycles. The molecule has 142 valence electrons. The summed E-state index contributed by atoms with van der Waals surface area (Å²) >= 11 is 6.06. The molecular formula is C18H30ClIN4O. The number of nitrogens with one attached hydrogen (secondary N) is 3. The van der Waals surface area contributed by atoms with Gasteiger partial charge in [-0.1, -0.05) is 31.5 Å². The summed E-state index contributed by atoms with van der Waals surface area (Å²) in [4.78, 5) is 16.5. The number of carbonyl (C=O) groups is 1. The van der Waals surface area contributed by atoms with Crippen LogP contribution in [0.5, 0.6) is 0 Å². The van der Waals surface area contributed by atoms with Gasteiger partial charge < -0.3 is 16.0 Å². The lowest BCUT2D eigenvalue weighted by atomic mass is 10.1. The Labute approximate surface area is 173 Å². The smallest absolute Gasteiger partial charge is 0.226 e. The van der Waals surface area contributed by atoms with Gasteiger partial charge in [0.1, 0.15) is 0 Å². The van der Waals surface area contributed by atoms with Gasteiger partial charge >= 0.3 is 0 Å². The number of guanidine groups is 1. The Morgan fingerprint density at radius 3 is 2.56 bits per heavy atom. The van der Waals surface area contributed by atoms with Gasteiger partial charge in [0.15, 0.2) is 5.96 Å². The van der Waals surface area contributed by atoms with Gasteiger partial charge in [-0.15, -0.1) is 24.0 Å². The Balaban J connectivity index is 0.00000576. The topological polar surface area (TPSA) is 65.5 Å². The minimum atomic E-state index is -0.0723. The Bertz CT molecular complexity index is 578. The summed E-state index contributed by atoms with van der Waals surface area (Å²) in [6.07, 6.45) is 0.318. The zero-order valence-electron chi connectivity index (χ0n) is 15.6. The zero-order valence-corrected chi connectivity index (χ0v) is 18.7. The zero-order chi connectivity index (χ0) is 18.1. The first-order valence-electron chi connectivity index (χ1n) is 8.45. The van der Waals surface area contributed by atoms with Crippen molar-refractivity contribution in [3.8, 4) is 0 Å². The number of carbonyl (C=O) groups excluding carboxylic acids is 1. The van der Waals surface area contributed by atoms with Crippen LogP contribution in [-0.4, -0.2) is 31.0 Å². The van der Waals surface area contributed by atoms with E-state index in [0.717, 1.165) is 23.8 Å². The number of nitrogens with zero attached hydrogens (tertiary/aromatic N) is 1. The van der Waals surface area contributed by atoms with E-state index in [-0.39, 0.29) is 29.9 Å². The molecule has 0 fully saturated rings. The van der Waals surface area contributed by atoms with Crippen molar-refractivity contribution >= 4 is 53.1 Å². The predicted octanol–water partition coefficient (Wildman–Crippen LogP) is 4.19. The second-order valence-electron chi connectivity index (χ2n) is 6.15. The molecule has 0 aliphatic rings. The number of benzene rings is 1. The van der Waals surface area contributed by atoms with Crippen molar-refractivity contribution in [3.05, 3.63) is 28.8 Å². The minimum absolute atomic E-state index is 0. The van der Waals surface area contributed by atoms with Crippen LogP contribution in [-0.2, 0) is 4.79 Å². The summed E-state index contributed by atoms with van der Waals surface area (Å²) in [6, 6.07) is 5.79. The third kappa shape index (κ3) is 8.76. The van der Waals surface area contributed by atoms with Gasteiger partial charge in [0, 0.05) is 29.7 Å². The monoisotopic (exact) mass is 480 g/mol. The highest BCUT2D eigenvalue weighted by molar-refractivity contribution is 14.0. The Morgan fingerprint density at radius 2 is 1.96 bits per heavy atom. The van der Waals surface area contributed by atoms with Crippen LogP contribution in [0.1, 0.15) is 39.7 Å². The summed E-state index contributed by atoms with van der Waals surface area (Å²) in [5, 5.41) is 10.1. The Kier molecular flexibility index (Phi) is 11.8. The van der Waals surface area contributed by atoms with E-state index in [9.17, 15) is 4.79 Å². The highest BCUT2D eigenvalue weighted by atomic mass is 127. The van der Waals surface area contributed by atoms with Crippen molar-refractivity contribution in [3.63, 3.8) is 0 Å². The third-order valence-electron chi connectivity index (χ3n) is 3.86. The van der Waals surface area contributed by atoms with E-state index in [2.05, 4.69) is 41.7 Å². The molecule has 0 saturated carbocycles. The van der Waals surface area contributed by atoms with Gasteiger partial charge in [0.25, 0.3) is 0 Å². The maximum Gasteiger partial charge on any atom is 0.226 e. The van der Waals surface area contributed by atoms with Crippen LogP contribution >= 0.6 is 35.6 Å². The standard InChI is InChI=1S/C18H29ClN4O.HI/c1-6-20-18(22-14(5)12(2)3)21-11-10-17(24)23-16-9-7-8-15(19)13(16)4;/h7-9,12,14H,6,10-11H2,1-5H3,(H,23,24)(H2,20,21,22);1H. The number of amides is 1. The van der Waals surface area contributed by atoms with Crippen LogP contribution in [0.3, 0.4) is 0 Å². The van der Waals surface area contributed by atoms with E-state index in [4.69, 9.17) is 11.6 Å². The second kappa shape index (κ2) is 12.4. The van der Waals surface area contributed by atoms with Gasteiger partial charge in [-0.3, -0.25) is 9.79 Å². The molecule has 0 aromatic heterocycles. The molecule has 7 heteroatoms. The van der Waals surface area contributed by atoms with E-state index < -0.39 is 0 Å². The molecule has 1 aromatic rings. The molecular weight excluding hydrogens is 451 g/mol. The third-order valence-corrected chi connectivity index (χ3v) is 4.27. The SMILES string of the molecule is CCNC(=NCCC(=O)Nc1cccc(Cl)c1C)NC(C)C(C)C.I. The van der Waals surface area contributed by atoms with E-state index >= 15 is 0 Å². The number of aliphatic imine (C=N–C) groups is 1. The van der Waals surface area contributed by atoms with Gasteiger partial charge in [0.2, 0.25) is 5.91 Å². The van der Waals surface area contributed by atoms with Crippen LogP contribution in [0.2, 0.25) is 5.02 Å². The average Bonchev–Trinajstić information content (AvgIpc) is 2.51. The minimum Gasteiger partial charge on any atom is -0.357 e. The first-order chi connectivity index (χ1) is 11.3. The summed E-state index contributed by atoms with van der Waals surface area (Å²) < 4.78 is 0. The van der Waals surface area contributed by atoms with Crippen LogP contribution in [0.15, 0.2) is 23.2 Å². The van der Waals surface area contributed by atoms with Crippen LogP contribution in [0.25, 0.3) is 0 Å². The summed E-state index contributed by atoms with van der Waals surface area (Å²) in [5.41, 5.74) is 1.62. The second-order valence-corrected chi connectivity index (χ2v) is 6.56. The molecule has 1 unspecified atom stereocenters. The van der Waals surface area contributed by atoms with Gasteiger partial charge in [-0.2, -0.15) is 0 Å². The quantitative estimate of drug-likeness (QED) is 0.311. The van der Waals surface area contributed by atoms with Crippen molar-refractivity contribution in [1.82, 2.24) is 10.6 Å². The number of anilines is 1. The van der Waals surface area contributed by atoms with Crippen molar-refractivity contribution in [1.29, 1.82) is 0 Å². The Hall–Kier alpha value is -1.02. The highest BCUT2D eigenvalue weighted by Gasteiger charge is 2.10. The largest absolute Gasteiger partial charge is 0.357 e. The lowest BCUT2D eigenvalue weighted by Crippen LogP contribution is -2.44. The maximum atomic E-state index is 12.1. The summed E-state index contributed by atoms with van der Waals surface area (Å²) in [6.45, 7) is 11.5. The fraction of sp³-hybridized carbons (Fsp3) is 0.556. The van der Waals surface area contributed by atoms with E-state index in [0.29, 0.717) is 29.9 Å². The van der Waals surface area contributed by atoms with E-state index in [1.54, 1.807) is 6.07 Å². The molecule has 1 rings (SSSR count). The molecule has 0 aliphatic carbocycles. The van der Waals surface area contributed by atoms with Crippen molar-refractivity contribution < 1.29 is 4.79 Å². The Morgan fingerprint density at radius 1 is 1.28 bits per heavy atom. The predicted molar refractivity (Wildman–Crippen MR) is 118 cm³/mol. The lowest BCUT2D eigenvalue weighted by molar-refractivity contribution is -0.116. The normalized spacial score (nSPS) is 12.4. The molecule has 1 atom stereocenters. The average molecular weight is 481 g/mol. The van der Waals surface area contributed by atoms with Gasteiger partial charge in [0.05, 0.1) is 6.54 Å². The molecule has 25 heavy (non-hydrogen) atoms. The fourth-order valence-corrected chi connectivity index (χ4v) is 2.10. The molecule has 1 amide bonds. The molecule has 3 N–H and O–H groups in total. The molecule has 0 bridgehead atoms. The van der Waals surface area contributed by atoms with Crippen LogP contribution < -0.4 is 16.0 Å². The van der Waals surface area contributed by atoms with Crippen molar-refractivity contribution in [2.45, 2.75) is 47.1 Å². The number of hydrogen-bond donors (Lipinski definition) is 3. The fourth-order valence-electron chi connectivity index (χ4n) is 1.93. The van der Waals surface area contributed by atoms with E-state index in [1.165, 1.54) is 0 Å². The number of hydrogen-bond acceptors (Lipinski definition) is 2. The first kappa shape index (κ1) is 24.0. The number of halogens is 2. The number of rotatable bonds is 7. The van der Waals surface area contributed by atoms with Crippen molar-refractivity contribution in [2.75, 3.05) is 18.4 Å². The molecule has 5 nitrogen and oxygen atoms in total. The van der Waals surface area contributed by atoms with Crippen LogP contribution in [0, 0.1) is 12.8 Å². The molecule has 0 spiro atoms. The van der Waals surface area contributed by atoms with Gasteiger partial charge in [-0.05, 0) is 44.4 Å². The molecule has 0 aliphatic heterocycles. The molecule has 0 saturated heterocycles. The van der Waals surface area contributed by atoms with E-state index in [1.807, 2.05) is 26.0 Å². The maximum absolute atomic E-state index is 12.1.